The van der Waals surface area contributed by atoms with Crippen molar-refractivity contribution in [2.75, 3.05) is 19.6 Å². The number of likely N-dealkylation sites (tertiary alicyclic amines) is 1. The van der Waals surface area contributed by atoms with Crippen LogP contribution in [0.1, 0.15) is 27.2 Å². The quantitative estimate of drug-likeness (QED) is 0.593. The van der Waals surface area contributed by atoms with Gasteiger partial charge in [0.1, 0.15) is 0 Å². The maximum Gasteiger partial charge on any atom is 0.0234 e. The molecule has 0 saturated carbocycles. The third kappa shape index (κ3) is 1.64. The number of hydrogen-bond donors (Lipinski definition) is 1. The monoisotopic (exact) mass is 168 g/mol. The fraction of sp³-hybridized carbons (Fsp3) is 1.00. The Balaban J connectivity index is 1.88. The van der Waals surface area contributed by atoms with E-state index in [1.54, 1.807) is 0 Å². The first-order valence-corrected chi connectivity index (χ1v) is 5.06. The van der Waals surface area contributed by atoms with Gasteiger partial charge in [0.05, 0.1) is 0 Å². The average molecular weight is 168 g/mol. The van der Waals surface area contributed by atoms with Crippen molar-refractivity contribution in [3.63, 3.8) is 0 Å². The molecule has 2 saturated heterocycles. The Hall–Kier alpha value is -0.0800. The normalized spacial score (nSPS) is 37.2. The molecule has 2 heterocycles. The van der Waals surface area contributed by atoms with E-state index in [1.165, 1.54) is 26.1 Å². The van der Waals surface area contributed by atoms with E-state index >= 15 is 0 Å². The Kier molecular flexibility index (Phi) is 1.92. The zero-order valence-electron chi connectivity index (χ0n) is 8.43. The Bertz CT molecular complexity index is 167. The highest BCUT2D eigenvalue weighted by Crippen LogP contribution is 2.28. The summed E-state index contributed by atoms with van der Waals surface area (Å²) in [6.07, 6.45) is 1.40. The number of rotatable bonds is 1. The summed E-state index contributed by atoms with van der Waals surface area (Å²) in [5, 5.41) is 3.42. The molecule has 0 amide bonds. The number of nitrogens with zero attached hydrogens (tertiary/aromatic N) is 1. The Morgan fingerprint density at radius 2 is 2.00 bits per heavy atom. The van der Waals surface area contributed by atoms with E-state index in [2.05, 4.69) is 31.0 Å². The summed E-state index contributed by atoms with van der Waals surface area (Å²) in [6, 6.07) is 0.859. The summed E-state index contributed by atoms with van der Waals surface area (Å²) in [4.78, 5) is 2.61. The van der Waals surface area contributed by atoms with Gasteiger partial charge < -0.3 is 5.32 Å². The molecule has 70 valence electrons. The van der Waals surface area contributed by atoms with Crippen LogP contribution in [0, 0.1) is 5.92 Å². The maximum absolute atomic E-state index is 3.42. The van der Waals surface area contributed by atoms with Crippen molar-refractivity contribution in [1.82, 2.24) is 10.2 Å². The van der Waals surface area contributed by atoms with Gasteiger partial charge in [0.2, 0.25) is 0 Å². The second kappa shape index (κ2) is 2.71. The van der Waals surface area contributed by atoms with E-state index in [0.29, 0.717) is 5.54 Å². The predicted octanol–water partition coefficient (Wildman–Crippen LogP) is 1.08. The smallest absolute Gasteiger partial charge is 0.0234 e. The Morgan fingerprint density at radius 1 is 1.33 bits per heavy atom. The van der Waals surface area contributed by atoms with Crippen LogP contribution in [0.2, 0.25) is 0 Å². The maximum atomic E-state index is 3.42. The van der Waals surface area contributed by atoms with Gasteiger partial charge in [0, 0.05) is 24.7 Å². The van der Waals surface area contributed by atoms with Crippen molar-refractivity contribution >= 4 is 0 Å². The van der Waals surface area contributed by atoms with Gasteiger partial charge in [0.15, 0.2) is 0 Å². The highest BCUT2D eigenvalue weighted by atomic mass is 15.2. The second-order valence-electron chi connectivity index (χ2n) is 5.18. The van der Waals surface area contributed by atoms with E-state index in [9.17, 15) is 0 Å². The van der Waals surface area contributed by atoms with Crippen LogP contribution in [0.5, 0.6) is 0 Å². The fourth-order valence-electron chi connectivity index (χ4n) is 2.13. The molecule has 2 fully saturated rings. The number of nitrogens with one attached hydrogen (secondary N) is 1. The predicted molar refractivity (Wildman–Crippen MR) is 51.2 cm³/mol. The second-order valence-corrected chi connectivity index (χ2v) is 5.18. The van der Waals surface area contributed by atoms with Crippen LogP contribution in [0.4, 0.5) is 0 Å². The molecule has 2 rings (SSSR count). The van der Waals surface area contributed by atoms with Crippen molar-refractivity contribution < 1.29 is 0 Å². The van der Waals surface area contributed by atoms with Gasteiger partial charge in [-0.05, 0) is 39.7 Å². The zero-order chi connectivity index (χ0) is 8.77. The molecule has 0 spiro atoms. The Morgan fingerprint density at radius 3 is 2.42 bits per heavy atom. The van der Waals surface area contributed by atoms with Crippen molar-refractivity contribution in [2.45, 2.75) is 38.8 Å². The molecule has 0 radical (unpaired) electrons. The summed E-state index contributed by atoms with van der Waals surface area (Å²) < 4.78 is 0. The van der Waals surface area contributed by atoms with Crippen molar-refractivity contribution in [3.8, 4) is 0 Å². The molecule has 0 aromatic heterocycles. The van der Waals surface area contributed by atoms with E-state index in [4.69, 9.17) is 0 Å². The SMILES string of the molecule is CC(C)(C)N1CC[C@@H](C2CN2)C1. The molecule has 2 atom stereocenters. The molecule has 1 unspecified atom stereocenters. The molecule has 0 aromatic rings. The van der Waals surface area contributed by atoms with Crippen LogP contribution in [-0.2, 0) is 0 Å². The summed E-state index contributed by atoms with van der Waals surface area (Å²) in [7, 11) is 0. The van der Waals surface area contributed by atoms with Gasteiger partial charge in [-0.3, -0.25) is 4.90 Å². The van der Waals surface area contributed by atoms with Gasteiger partial charge in [0.25, 0.3) is 0 Å². The highest BCUT2D eigenvalue weighted by Gasteiger charge is 2.38. The highest BCUT2D eigenvalue weighted by molar-refractivity contribution is 4.96. The lowest BCUT2D eigenvalue weighted by Crippen LogP contribution is -2.39. The van der Waals surface area contributed by atoms with E-state index in [0.717, 1.165) is 12.0 Å². The molecular weight excluding hydrogens is 148 g/mol. The third-order valence-corrected chi connectivity index (χ3v) is 3.18. The summed E-state index contributed by atoms with van der Waals surface area (Å²) in [5.74, 6) is 0.934. The molecular formula is C10H20N2. The van der Waals surface area contributed by atoms with Crippen LogP contribution in [0.25, 0.3) is 0 Å². The molecule has 1 N–H and O–H groups in total. The minimum Gasteiger partial charge on any atom is -0.311 e. The van der Waals surface area contributed by atoms with E-state index in [1.807, 2.05) is 0 Å². The molecule has 2 aliphatic heterocycles. The largest absolute Gasteiger partial charge is 0.311 e. The molecule has 0 bridgehead atoms. The van der Waals surface area contributed by atoms with Crippen LogP contribution in [0.15, 0.2) is 0 Å². The molecule has 2 nitrogen and oxygen atoms in total. The minimum atomic E-state index is 0.379. The first kappa shape index (κ1) is 8.52. The fourth-order valence-corrected chi connectivity index (χ4v) is 2.13. The minimum absolute atomic E-state index is 0.379. The molecule has 0 aromatic carbocycles. The van der Waals surface area contributed by atoms with Gasteiger partial charge >= 0.3 is 0 Å². The van der Waals surface area contributed by atoms with Crippen molar-refractivity contribution in [1.29, 1.82) is 0 Å². The van der Waals surface area contributed by atoms with E-state index < -0.39 is 0 Å². The van der Waals surface area contributed by atoms with Crippen LogP contribution in [-0.4, -0.2) is 36.1 Å². The van der Waals surface area contributed by atoms with Crippen LogP contribution in [0.3, 0.4) is 0 Å². The van der Waals surface area contributed by atoms with Gasteiger partial charge in [-0.15, -0.1) is 0 Å². The summed E-state index contributed by atoms with van der Waals surface area (Å²) >= 11 is 0. The first-order valence-electron chi connectivity index (χ1n) is 5.06. The van der Waals surface area contributed by atoms with Gasteiger partial charge in [-0.1, -0.05) is 0 Å². The third-order valence-electron chi connectivity index (χ3n) is 3.18. The van der Waals surface area contributed by atoms with E-state index in [-0.39, 0.29) is 0 Å². The lowest BCUT2D eigenvalue weighted by Gasteiger charge is -2.31. The molecule has 2 aliphatic rings. The van der Waals surface area contributed by atoms with Gasteiger partial charge in [-0.2, -0.15) is 0 Å². The van der Waals surface area contributed by atoms with Crippen molar-refractivity contribution in [2.24, 2.45) is 5.92 Å². The zero-order valence-corrected chi connectivity index (χ0v) is 8.43. The van der Waals surface area contributed by atoms with Crippen LogP contribution >= 0.6 is 0 Å². The van der Waals surface area contributed by atoms with Gasteiger partial charge in [-0.25, -0.2) is 0 Å². The first-order chi connectivity index (χ1) is 5.57. The molecule has 2 heteroatoms. The van der Waals surface area contributed by atoms with Crippen LogP contribution < -0.4 is 5.32 Å². The standard InChI is InChI=1S/C10H20N2/c1-10(2,3)12-5-4-8(7-12)9-6-11-9/h8-9,11H,4-7H2,1-3H3/t8-,9?/m1/s1. The van der Waals surface area contributed by atoms with Crippen molar-refractivity contribution in [3.05, 3.63) is 0 Å². The lowest BCUT2D eigenvalue weighted by molar-refractivity contribution is 0.168. The molecule has 12 heavy (non-hydrogen) atoms. The molecule has 0 aliphatic carbocycles. The number of hydrogen-bond acceptors (Lipinski definition) is 2. The topological polar surface area (TPSA) is 25.2 Å². The summed E-state index contributed by atoms with van der Waals surface area (Å²) in [5.41, 5.74) is 0.379. The average Bonchev–Trinajstić information content (AvgIpc) is 2.66. The summed E-state index contributed by atoms with van der Waals surface area (Å²) in [6.45, 7) is 10.8. The Labute approximate surface area is 75.3 Å². The lowest BCUT2D eigenvalue weighted by atomic mass is 10.0.